The van der Waals surface area contributed by atoms with Crippen molar-refractivity contribution in [3.8, 4) is 39.9 Å². The van der Waals surface area contributed by atoms with Crippen LogP contribution in [0.3, 0.4) is 0 Å². The maximum absolute atomic E-state index is 13.8. The molecular formula is C27H27N3O5. The normalized spacial score (nSPS) is 10.5. The second kappa shape index (κ2) is 10.2. The Kier molecular flexibility index (Phi) is 6.91. The lowest BCUT2D eigenvalue weighted by Crippen LogP contribution is -2.26. The summed E-state index contributed by atoms with van der Waals surface area (Å²) in [7, 11) is 8.00. The molecular weight excluding hydrogens is 446 g/mol. The average Bonchev–Trinajstić information content (AvgIpc) is 3.37. The zero-order chi connectivity index (χ0) is 24.9. The highest BCUT2D eigenvalue weighted by atomic mass is 16.5. The molecule has 35 heavy (non-hydrogen) atoms. The summed E-state index contributed by atoms with van der Waals surface area (Å²) in [4.78, 5) is 15.4. The van der Waals surface area contributed by atoms with Crippen molar-refractivity contribution in [1.82, 2.24) is 9.78 Å². The van der Waals surface area contributed by atoms with Gasteiger partial charge in [-0.25, -0.2) is 4.68 Å². The number of carbonyl (C=O) groups is 1. The van der Waals surface area contributed by atoms with Crippen LogP contribution < -0.4 is 23.8 Å². The van der Waals surface area contributed by atoms with E-state index in [2.05, 4.69) is 0 Å². The third kappa shape index (κ3) is 4.63. The maximum atomic E-state index is 13.8. The van der Waals surface area contributed by atoms with Crippen LogP contribution in [-0.2, 0) is 0 Å². The number of para-hydroxylation sites is 1. The average molecular weight is 474 g/mol. The summed E-state index contributed by atoms with van der Waals surface area (Å²) in [6.45, 7) is 0. The topological polar surface area (TPSA) is 75.1 Å². The molecule has 1 heterocycles. The van der Waals surface area contributed by atoms with Gasteiger partial charge in [0.25, 0.3) is 5.91 Å². The van der Waals surface area contributed by atoms with E-state index in [0.29, 0.717) is 45.5 Å². The molecule has 0 saturated carbocycles. The Hall–Kier alpha value is -4.46. The largest absolute Gasteiger partial charge is 0.497 e. The first-order valence-electron chi connectivity index (χ1n) is 10.9. The number of carbonyl (C=O) groups excluding carboxylic acids is 1. The Morgan fingerprint density at radius 3 is 2.14 bits per heavy atom. The van der Waals surface area contributed by atoms with Crippen molar-refractivity contribution in [2.24, 2.45) is 0 Å². The highest BCUT2D eigenvalue weighted by Crippen LogP contribution is 2.37. The lowest BCUT2D eigenvalue weighted by atomic mass is 10.1. The lowest BCUT2D eigenvalue weighted by Gasteiger charge is -2.19. The van der Waals surface area contributed by atoms with Gasteiger partial charge < -0.3 is 23.8 Å². The van der Waals surface area contributed by atoms with Gasteiger partial charge >= 0.3 is 0 Å². The van der Waals surface area contributed by atoms with Crippen LogP contribution in [0.5, 0.6) is 23.0 Å². The van der Waals surface area contributed by atoms with Crippen molar-refractivity contribution in [2.45, 2.75) is 0 Å². The summed E-state index contributed by atoms with van der Waals surface area (Å²) < 4.78 is 23.4. The highest BCUT2D eigenvalue weighted by molar-refractivity contribution is 6.09. The van der Waals surface area contributed by atoms with E-state index >= 15 is 0 Å². The minimum atomic E-state index is -0.251. The van der Waals surface area contributed by atoms with Gasteiger partial charge in [-0.3, -0.25) is 4.79 Å². The Bertz CT molecular complexity index is 1330. The molecule has 8 heteroatoms. The van der Waals surface area contributed by atoms with Crippen LogP contribution in [-0.4, -0.2) is 51.2 Å². The molecule has 0 N–H and O–H groups in total. The minimum absolute atomic E-state index is 0.251. The van der Waals surface area contributed by atoms with Crippen molar-refractivity contribution < 1.29 is 23.7 Å². The van der Waals surface area contributed by atoms with E-state index in [4.69, 9.17) is 24.0 Å². The number of nitrogens with zero attached hydrogens (tertiary/aromatic N) is 3. The molecule has 4 rings (SSSR count). The van der Waals surface area contributed by atoms with E-state index in [1.54, 1.807) is 81.6 Å². The van der Waals surface area contributed by atoms with Crippen LogP contribution in [0.2, 0.25) is 0 Å². The molecule has 0 fully saturated rings. The molecule has 0 aliphatic heterocycles. The number of methoxy groups -OCH3 is 4. The van der Waals surface area contributed by atoms with E-state index in [-0.39, 0.29) is 5.91 Å². The molecule has 4 aromatic rings. The molecule has 0 spiro atoms. The molecule has 0 radical (unpaired) electrons. The molecule has 0 bridgehead atoms. The monoisotopic (exact) mass is 473 g/mol. The number of benzene rings is 3. The summed E-state index contributed by atoms with van der Waals surface area (Å²) >= 11 is 0. The van der Waals surface area contributed by atoms with Crippen LogP contribution in [0.25, 0.3) is 16.9 Å². The summed E-state index contributed by atoms with van der Waals surface area (Å²) in [5.74, 6) is 2.06. The van der Waals surface area contributed by atoms with Crippen molar-refractivity contribution in [3.63, 3.8) is 0 Å². The van der Waals surface area contributed by atoms with E-state index in [9.17, 15) is 4.79 Å². The highest BCUT2D eigenvalue weighted by Gasteiger charge is 2.25. The van der Waals surface area contributed by atoms with Gasteiger partial charge in [0.2, 0.25) is 0 Å². The molecule has 0 saturated heterocycles. The maximum Gasteiger partial charge on any atom is 0.261 e. The number of hydrogen-bond donors (Lipinski definition) is 0. The Morgan fingerprint density at radius 2 is 1.49 bits per heavy atom. The molecule has 180 valence electrons. The Balaban J connectivity index is 1.85. The molecule has 0 unspecified atom stereocenters. The zero-order valence-electron chi connectivity index (χ0n) is 20.3. The van der Waals surface area contributed by atoms with Crippen molar-refractivity contribution in [3.05, 3.63) is 78.5 Å². The summed E-state index contributed by atoms with van der Waals surface area (Å²) in [6.07, 6.45) is 1.73. The predicted octanol–water partition coefficient (Wildman–Crippen LogP) is 4.85. The van der Waals surface area contributed by atoms with Crippen molar-refractivity contribution in [1.29, 1.82) is 0 Å². The number of ether oxygens (including phenoxy) is 4. The molecule has 1 aromatic heterocycles. The quantitative estimate of drug-likeness (QED) is 0.364. The van der Waals surface area contributed by atoms with Crippen LogP contribution in [0.1, 0.15) is 10.4 Å². The van der Waals surface area contributed by atoms with Gasteiger partial charge in [0.05, 0.1) is 39.7 Å². The number of hydrogen-bond acceptors (Lipinski definition) is 6. The zero-order valence-corrected chi connectivity index (χ0v) is 20.3. The fraction of sp³-hybridized carbons (Fsp3) is 0.185. The predicted molar refractivity (Wildman–Crippen MR) is 134 cm³/mol. The van der Waals surface area contributed by atoms with Crippen LogP contribution in [0, 0.1) is 0 Å². The summed E-state index contributed by atoms with van der Waals surface area (Å²) in [6, 6.07) is 20.3. The van der Waals surface area contributed by atoms with E-state index < -0.39 is 0 Å². The fourth-order valence-corrected chi connectivity index (χ4v) is 3.77. The first kappa shape index (κ1) is 23.7. The van der Waals surface area contributed by atoms with Crippen LogP contribution in [0.4, 0.5) is 5.69 Å². The van der Waals surface area contributed by atoms with Gasteiger partial charge in [0, 0.05) is 30.6 Å². The number of amides is 1. The van der Waals surface area contributed by atoms with Crippen molar-refractivity contribution >= 4 is 11.6 Å². The van der Waals surface area contributed by atoms with Gasteiger partial charge in [0.15, 0.2) is 11.5 Å². The fourth-order valence-electron chi connectivity index (χ4n) is 3.77. The van der Waals surface area contributed by atoms with E-state index in [1.165, 1.54) is 0 Å². The van der Waals surface area contributed by atoms with E-state index in [1.807, 2.05) is 36.4 Å². The van der Waals surface area contributed by atoms with Gasteiger partial charge in [-0.2, -0.15) is 5.10 Å². The standard InChI is InChI=1S/C27H27N3O5/c1-29(19-11-13-24(34-4)25(15-19)35-5)27(31)22-17-30(18-9-7-6-8-10-18)28-26(22)21-16-20(32-2)12-14-23(21)33-3/h6-17H,1-5H3. The first-order chi connectivity index (χ1) is 17.0. The van der Waals surface area contributed by atoms with Gasteiger partial charge in [-0.1, -0.05) is 18.2 Å². The summed E-state index contributed by atoms with van der Waals surface area (Å²) in [5.41, 5.74) is 2.98. The number of anilines is 1. The summed E-state index contributed by atoms with van der Waals surface area (Å²) in [5, 5.41) is 4.78. The second-order valence-corrected chi connectivity index (χ2v) is 7.64. The van der Waals surface area contributed by atoms with Gasteiger partial charge in [-0.15, -0.1) is 0 Å². The Morgan fingerprint density at radius 1 is 0.800 bits per heavy atom. The number of rotatable bonds is 8. The minimum Gasteiger partial charge on any atom is -0.497 e. The van der Waals surface area contributed by atoms with E-state index in [0.717, 1.165) is 5.69 Å². The molecule has 1 amide bonds. The van der Waals surface area contributed by atoms with Gasteiger partial charge in [-0.05, 0) is 42.5 Å². The molecule has 0 aliphatic rings. The SMILES string of the molecule is COc1ccc(OC)c(-c2nn(-c3ccccc3)cc2C(=O)N(C)c2ccc(OC)c(OC)c2)c1. The number of aromatic nitrogens is 2. The first-order valence-corrected chi connectivity index (χ1v) is 10.9. The Labute approximate surface area is 204 Å². The molecule has 8 nitrogen and oxygen atoms in total. The van der Waals surface area contributed by atoms with Crippen LogP contribution >= 0.6 is 0 Å². The molecule has 0 atom stereocenters. The third-order valence-corrected chi connectivity index (χ3v) is 5.69. The van der Waals surface area contributed by atoms with Gasteiger partial charge in [0.1, 0.15) is 17.2 Å². The molecule has 3 aromatic carbocycles. The smallest absolute Gasteiger partial charge is 0.261 e. The third-order valence-electron chi connectivity index (χ3n) is 5.69. The second-order valence-electron chi connectivity index (χ2n) is 7.64. The van der Waals surface area contributed by atoms with Crippen molar-refractivity contribution in [2.75, 3.05) is 40.4 Å². The lowest BCUT2D eigenvalue weighted by molar-refractivity contribution is 0.0993. The molecule has 0 aliphatic carbocycles. The van der Waals surface area contributed by atoms with Crippen LogP contribution in [0.15, 0.2) is 72.9 Å².